The molecule has 0 aliphatic heterocycles. The molecule has 0 saturated heterocycles. The van der Waals surface area contributed by atoms with Gasteiger partial charge in [-0.1, -0.05) is 0 Å². The second kappa shape index (κ2) is 3.52. The summed E-state index contributed by atoms with van der Waals surface area (Å²) >= 11 is 0. The molecule has 0 rings (SSSR count). The Hall–Kier alpha value is -0.120. The van der Waals surface area contributed by atoms with Gasteiger partial charge in [0.1, 0.15) is 0 Å². The van der Waals surface area contributed by atoms with Crippen molar-refractivity contribution >= 4 is 0 Å². The van der Waals surface area contributed by atoms with E-state index in [9.17, 15) is 0 Å². The number of hydrogen-bond acceptors (Lipinski definition) is 3. The third-order valence-electron chi connectivity index (χ3n) is 1.81. The van der Waals surface area contributed by atoms with E-state index >= 15 is 0 Å². The molecule has 1 atom stereocenters. The highest BCUT2D eigenvalue weighted by molar-refractivity contribution is 4.84. The van der Waals surface area contributed by atoms with E-state index in [2.05, 4.69) is 0 Å². The summed E-state index contributed by atoms with van der Waals surface area (Å²) < 4.78 is 0. The van der Waals surface area contributed by atoms with Gasteiger partial charge < -0.3 is 17.2 Å². The summed E-state index contributed by atoms with van der Waals surface area (Å²) in [6.07, 6.45) is 1.80. The van der Waals surface area contributed by atoms with Gasteiger partial charge in [-0.15, -0.1) is 0 Å². The maximum Gasteiger partial charge on any atom is 0.0250 e. The fourth-order valence-electron chi connectivity index (χ4n) is 0.710. The standard InChI is InChI=1S/C8H21N3/c1-7(2,10)4-5-8(3,11)6-9/h4-6,9-11H2,1-3H3. The minimum Gasteiger partial charge on any atom is -0.329 e. The van der Waals surface area contributed by atoms with E-state index in [4.69, 9.17) is 17.2 Å². The Morgan fingerprint density at radius 2 is 1.45 bits per heavy atom. The highest BCUT2D eigenvalue weighted by Gasteiger charge is 2.20. The van der Waals surface area contributed by atoms with Crippen LogP contribution in [0.4, 0.5) is 0 Å². The maximum atomic E-state index is 5.84. The fraction of sp³-hybridized carbons (Fsp3) is 1.00. The lowest BCUT2D eigenvalue weighted by atomic mass is 9.90. The first-order valence-corrected chi connectivity index (χ1v) is 4.05. The third-order valence-corrected chi connectivity index (χ3v) is 1.81. The summed E-state index contributed by atoms with van der Waals surface area (Å²) in [5, 5.41) is 0. The number of hydrogen-bond donors (Lipinski definition) is 3. The van der Waals surface area contributed by atoms with E-state index in [1.165, 1.54) is 0 Å². The molecule has 0 bridgehead atoms. The summed E-state index contributed by atoms with van der Waals surface area (Å²) in [7, 11) is 0. The SMILES string of the molecule is CC(C)(N)CCC(C)(N)CN. The first-order chi connectivity index (χ1) is 4.77. The summed E-state index contributed by atoms with van der Waals surface area (Å²) in [6.45, 7) is 6.47. The third kappa shape index (κ3) is 6.28. The Bertz CT molecular complexity index is 113. The molecule has 6 N–H and O–H groups in total. The van der Waals surface area contributed by atoms with Crippen LogP contribution in [0.15, 0.2) is 0 Å². The van der Waals surface area contributed by atoms with Crippen molar-refractivity contribution in [3.8, 4) is 0 Å². The van der Waals surface area contributed by atoms with Crippen molar-refractivity contribution in [1.82, 2.24) is 0 Å². The molecule has 0 spiro atoms. The van der Waals surface area contributed by atoms with E-state index in [1.54, 1.807) is 0 Å². The highest BCUT2D eigenvalue weighted by Crippen LogP contribution is 2.14. The van der Waals surface area contributed by atoms with Gasteiger partial charge in [-0.2, -0.15) is 0 Å². The van der Waals surface area contributed by atoms with Crippen molar-refractivity contribution in [3.05, 3.63) is 0 Å². The molecule has 0 aromatic carbocycles. The molecule has 0 aliphatic rings. The first-order valence-electron chi connectivity index (χ1n) is 4.05. The van der Waals surface area contributed by atoms with Crippen LogP contribution in [-0.4, -0.2) is 17.6 Å². The molecule has 11 heavy (non-hydrogen) atoms. The van der Waals surface area contributed by atoms with E-state index in [0.717, 1.165) is 12.8 Å². The number of nitrogens with two attached hydrogens (primary N) is 3. The van der Waals surface area contributed by atoms with Gasteiger partial charge in [0.15, 0.2) is 0 Å². The van der Waals surface area contributed by atoms with Crippen LogP contribution >= 0.6 is 0 Å². The largest absolute Gasteiger partial charge is 0.329 e. The molecular weight excluding hydrogens is 138 g/mol. The van der Waals surface area contributed by atoms with Crippen molar-refractivity contribution in [2.24, 2.45) is 17.2 Å². The van der Waals surface area contributed by atoms with Gasteiger partial charge in [-0.25, -0.2) is 0 Å². The van der Waals surface area contributed by atoms with Crippen LogP contribution in [0.25, 0.3) is 0 Å². The Kier molecular flexibility index (Phi) is 3.48. The molecule has 0 aliphatic carbocycles. The summed E-state index contributed by atoms with van der Waals surface area (Å²) in [5.41, 5.74) is 16.7. The van der Waals surface area contributed by atoms with Gasteiger partial charge in [0.25, 0.3) is 0 Å². The van der Waals surface area contributed by atoms with Crippen LogP contribution in [0.1, 0.15) is 33.6 Å². The van der Waals surface area contributed by atoms with Gasteiger partial charge in [-0.05, 0) is 33.6 Å². The van der Waals surface area contributed by atoms with E-state index in [-0.39, 0.29) is 11.1 Å². The second-order valence-electron chi connectivity index (χ2n) is 4.35. The minimum atomic E-state index is -0.253. The predicted octanol–water partition coefficient (Wildman–Crippen LogP) is 0.180. The molecule has 3 nitrogen and oxygen atoms in total. The molecule has 0 amide bonds. The Balaban J connectivity index is 3.70. The van der Waals surface area contributed by atoms with Crippen LogP contribution in [0.5, 0.6) is 0 Å². The lowest BCUT2D eigenvalue weighted by Gasteiger charge is -2.27. The molecule has 3 heteroatoms. The van der Waals surface area contributed by atoms with E-state index < -0.39 is 0 Å². The smallest absolute Gasteiger partial charge is 0.0250 e. The minimum absolute atomic E-state index is 0.129. The summed E-state index contributed by atoms with van der Waals surface area (Å²) in [4.78, 5) is 0. The van der Waals surface area contributed by atoms with E-state index in [0.29, 0.717) is 6.54 Å². The maximum absolute atomic E-state index is 5.84. The zero-order valence-corrected chi connectivity index (χ0v) is 7.85. The fourth-order valence-corrected chi connectivity index (χ4v) is 0.710. The topological polar surface area (TPSA) is 78.1 Å². The van der Waals surface area contributed by atoms with Gasteiger partial charge in [0.2, 0.25) is 0 Å². The quantitative estimate of drug-likeness (QED) is 0.547. The van der Waals surface area contributed by atoms with Crippen LogP contribution in [0.2, 0.25) is 0 Å². The average molecular weight is 159 g/mol. The molecule has 1 unspecified atom stereocenters. The monoisotopic (exact) mass is 159 g/mol. The van der Waals surface area contributed by atoms with Crippen LogP contribution in [0.3, 0.4) is 0 Å². The highest BCUT2D eigenvalue weighted by atomic mass is 14.8. The van der Waals surface area contributed by atoms with Gasteiger partial charge >= 0.3 is 0 Å². The number of rotatable bonds is 4. The van der Waals surface area contributed by atoms with Crippen molar-refractivity contribution in [1.29, 1.82) is 0 Å². The molecule has 0 aromatic heterocycles. The molecule has 0 aromatic rings. The average Bonchev–Trinajstić information content (AvgIpc) is 1.83. The molecule has 0 radical (unpaired) electrons. The predicted molar refractivity (Wildman–Crippen MR) is 49.1 cm³/mol. The summed E-state index contributed by atoms with van der Waals surface area (Å²) in [6, 6.07) is 0. The Morgan fingerprint density at radius 3 is 1.73 bits per heavy atom. The molecule has 0 heterocycles. The van der Waals surface area contributed by atoms with Crippen molar-refractivity contribution in [3.63, 3.8) is 0 Å². The van der Waals surface area contributed by atoms with Crippen molar-refractivity contribution < 1.29 is 0 Å². The lowest BCUT2D eigenvalue weighted by Crippen LogP contribution is -2.46. The summed E-state index contributed by atoms with van der Waals surface area (Å²) in [5.74, 6) is 0. The lowest BCUT2D eigenvalue weighted by molar-refractivity contribution is 0.361. The van der Waals surface area contributed by atoms with Gasteiger partial charge in [0, 0.05) is 17.6 Å². The van der Waals surface area contributed by atoms with Gasteiger partial charge in [0.05, 0.1) is 0 Å². The Morgan fingerprint density at radius 1 is 1.00 bits per heavy atom. The zero-order chi connectivity index (χ0) is 9.12. The van der Waals surface area contributed by atoms with Gasteiger partial charge in [-0.3, -0.25) is 0 Å². The molecule has 68 valence electrons. The van der Waals surface area contributed by atoms with Crippen molar-refractivity contribution in [2.75, 3.05) is 6.54 Å². The molecular formula is C8H21N3. The van der Waals surface area contributed by atoms with Crippen LogP contribution < -0.4 is 17.2 Å². The molecule has 0 saturated carbocycles. The van der Waals surface area contributed by atoms with Crippen molar-refractivity contribution in [2.45, 2.75) is 44.7 Å². The molecule has 0 fully saturated rings. The normalized spacial score (nSPS) is 18.0. The van der Waals surface area contributed by atoms with Crippen LogP contribution in [-0.2, 0) is 0 Å². The zero-order valence-electron chi connectivity index (χ0n) is 7.85. The second-order valence-corrected chi connectivity index (χ2v) is 4.35. The Labute approximate surface area is 69.3 Å². The van der Waals surface area contributed by atoms with E-state index in [1.807, 2.05) is 20.8 Å². The first kappa shape index (κ1) is 10.9. The van der Waals surface area contributed by atoms with Crippen LogP contribution in [0, 0.1) is 0 Å².